The van der Waals surface area contributed by atoms with Crippen LogP contribution >= 0.6 is 0 Å². The summed E-state index contributed by atoms with van der Waals surface area (Å²) in [5.41, 5.74) is 11.0. The predicted octanol–water partition coefficient (Wildman–Crippen LogP) is 7.03. The summed E-state index contributed by atoms with van der Waals surface area (Å²) >= 11 is 0. The number of fused-ring (bicyclic) bond motifs is 3. The highest BCUT2D eigenvalue weighted by Gasteiger charge is 2.47. The Morgan fingerprint density at radius 3 is 1.33 bits per heavy atom. The van der Waals surface area contributed by atoms with Crippen molar-refractivity contribution in [2.45, 2.75) is 59.2 Å². The molecule has 2 atom stereocenters. The van der Waals surface area contributed by atoms with E-state index in [0.29, 0.717) is 0 Å². The van der Waals surface area contributed by atoms with Crippen LogP contribution < -0.4 is 9.47 Å². The van der Waals surface area contributed by atoms with Crippen molar-refractivity contribution in [1.29, 1.82) is 0 Å². The fraction of sp³-hybridized carbons (Fsp3) is 0.362. The number of benzene rings is 4. The molecule has 4 aromatic rings. The van der Waals surface area contributed by atoms with Gasteiger partial charge >= 0.3 is 11.9 Å². The van der Waals surface area contributed by atoms with Crippen molar-refractivity contribution in [3.63, 3.8) is 0 Å². The topological polar surface area (TPSA) is 130 Å². The second kappa shape index (κ2) is 19.3. The van der Waals surface area contributed by atoms with Crippen LogP contribution in [0, 0.1) is 27.7 Å². The number of esters is 2. The van der Waals surface area contributed by atoms with E-state index in [9.17, 15) is 19.8 Å². The summed E-state index contributed by atoms with van der Waals surface area (Å²) in [5.74, 6) is 0.378. The van der Waals surface area contributed by atoms with Gasteiger partial charge in [0.2, 0.25) is 0 Å². The van der Waals surface area contributed by atoms with Crippen molar-refractivity contribution in [3.8, 4) is 22.6 Å². The van der Waals surface area contributed by atoms with E-state index in [4.69, 9.17) is 28.4 Å². The van der Waals surface area contributed by atoms with E-state index in [0.717, 1.165) is 44.9 Å². The average molecular weight is 779 g/mol. The van der Waals surface area contributed by atoms with Gasteiger partial charge in [0.25, 0.3) is 0 Å². The molecule has 0 saturated heterocycles. The van der Waals surface area contributed by atoms with Crippen molar-refractivity contribution in [2.75, 3.05) is 52.9 Å². The van der Waals surface area contributed by atoms with Gasteiger partial charge in [-0.1, -0.05) is 73.8 Å². The first kappa shape index (κ1) is 42.9. The number of ether oxygens (including phenoxy) is 6. The lowest BCUT2D eigenvalue weighted by Gasteiger charge is -2.37. The number of rotatable bonds is 20. The first-order valence-electron chi connectivity index (χ1n) is 19.1. The van der Waals surface area contributed by atoms with Crippen LogP contribution in [-0.2, 0) is 34.0 Å². The van der Waals surface area contributed by atoms with E-state index < -0.39 is 29.6 Å². The third-order valence-corrected chi connectivity index (χ3v) is 9.91. The van der Waals surface area contributed by atoms with Gasteiger partial charge in [-0.25, -0.2) is 9.59 Å². The van der Waals surface area contributed by atoms with Crippen molar-refractivity contribution in [3.05, 3.63) is 142 Å². The largest absolute Gasteiger partial charge is 0.491 e. The maximum Gasteiger partial charge on any atom is 0.333 e. The van der Waals surface area contributed by atoms with Gasteiger partial charge in [0.15, 0.2) is 0 Å². The summed E-state index contributed by atoms with van der Waals surface area (Å²) in [7, 11) is 0. The van der Waals surface area contributed by atoms with E-state index in [1.165, 1.54) is 22.3 Å². The Hall–Kier alpha value is -5.26. The van der Waals surface area contributed by atoms with Gasteiger partial charge in [-0.15, -0.1) is 0 Å². The summed E-state index contributed by atoms with van der Waals surface area (Å²) < 4.78 is 33.6. The minimum absolute atomic E-state index is 0.00198. The highest BCUT2D eigenvalue weighted by molar-refractivity contribution is 5.88. The van der Waals surface area contributed by atoms with Crippen molar-refractivity contribution in [2.24, 2.45) is 0 Å². The van der Waals surface area contributed by atoms with Crippen LogP contribution in [0.1, 0.15) is 58.4 Å². The first-order valence-corrected chi connectivity index (χ1v) is 19.1. The Kier molecular flexibility index (Phi) is 14.5. The normalized spacial score (nSPS) is 13.5. The molecule has 10 heteroatoms. The van der Waals surface area contributed by atoms with Crippen LogP contribution in [0.5, 0.6) is 11.5 Å². The number of aryl methyl sites for hydroxylation is 4. The molecule has 2 unspecified atom stereocenters. The Labute approximate surface area is 335 Å². The molecule has 0 saturated carbocycles. The molecule has 0 fully saturated rings. The van der Waals surface area contributed by atoms with E-state index in [-0.39, 0.29) is 64.0 Å². The summed E-state index contributed by atoms with van der Waals surface area (Å²) in [5, 5.41) is 20.3. The molecular formula is C47H54O10. The first-order chi connectivity index (χ1) is 27.2. The maximum absolute atomic E-state index is 11.6. The molecule has 10 nitrogen and oxygen atoms in total. The molecule has 0 aromatic heterocycles. The van der Waals surface area contributed by atoms with E-state index in [2.05, 4.69) is 99.8 Å². The van der Waals surface area contributed by atoms with Crippen molar-refractivity contribution >= 4 is 11.9 Å². The van der Waals surface area contributed by atoms with Crippen molar-refractivity contribution < 1.29 is 48.2 Å². The summed E-state index contributed by atoms with van der Waals surface area (Å²) in [6.45, 7) is 19.2. The van der Waals surface area contributed by atoms with Crippen LogP contribution in [0.2, 0.25) is 0 Å². The zero-order valence-electron chi connectivity index (χ0n) is 33.8. The lowest BCUT2D eigenvalue weighted by atomic mass is 9.65. The lowest BCUT2D eigenvalue weighted by molar-refractivity contribution is -0.143. The fourth-order valence-electron chi connectivity index (χ4n) is 7.21. The zero-order valence-corrected chi connectivity index (χ0v) is 33.8. The summed E-state index contributed by atoms with van der Waals surface area (Å²) in [6.07, 6.45) is -1.91. The molecule has 0 amide bonds. The zero-order chi connectivity index (χ0) is 41.3. The molecule has 5 rings (SSSR count). The fourth-order valence-corrected chi connectivity index (χ4v) is 7.21. The second-order valence-corrected chi connectivity index (χ2v) is 14.6. The van der Waals surface area contributed by atoms with E-state index in [1.807, 2.05) is 13.8 Å². The SMILES string of the molecule is C=C(C)C(=O)OCC(O)COCCOc1cc(C)c(C2(c3cc(C)c(OCCOCC(O)COC(=O)C(=C)C)cc3C)c3ccccc3-c3ccccc32)cc1C. The summed E-state index contributed by atoms with van der Waals surface area (Å²) in [4.78, 5) is 23.2. The Bertz CT molecular complexity index is 1950. The quantitative estimate of drug-likeness (QED) is 0.0483. The van der Waals surface area contributed by atoms with Gasteiger partial charge in [0, 0.05) is 11.1 Å². The Morgan fingerprint density at radius 1 is 0.561 bits per heavy atom. The molecule has 0 heterocycles. The molecule has 0 radical (unpaired) electrons. The minimum Gasteiger partial charge on any atom is -0.491 e. The number of hydrogen-bond acceptors (Lipinski definition) is 10. The van der Waals surface area contributed by atoms with Crippen LogP contribution in [0.3, 0.4) is 0 Å². The Morgan fingerprint density at radius 2 is 0.947 bits per heavy atom. The van der Waals surface area contributed by atoms with Gasteiger partial charge < -0.3 is 38.6 Å². The number of carbonyl (C=O) groups excluding carboxylic acids is 2. The Balaban J connectivity index is 1.37. The highest BCUT2D eigenvalue weighted by Crippen LogP contribution is 2.58. The third-order valence-electron chi connectivity index (χ3n) is 9.91. The number of carbonyl (C=O) groups is 2. The molecule has 57 heavy (non-hydrogen) atoms. The van der Waals surface area contributed by atoms with Crippen LogP contribution in [0.4, 0.5) is 0 Å². The van der Waals surface area contributed by atoms with Gasteiger partial charge in [-0.3, -0.25) is 0 Å². The predicted molar refractivity (Wildman–Crippen MR) is 219 cm³/mol. The molecular weight excluding hydrogens is 725 g/mol. The monoisotopic (exact) mass is 778 g/mol. The smallest absolute Gasteiger partial charge is 0.333 e. The second-order valence-electron chi connectivity index (χ2n) is 14.6. The molecule has 0 spiro atoms. The average Bonchev–Trinajstić information content (AvgIpc) is 3.48. The molecule has 1 aliphatic carbocycles. The van der Waals surface area contributed by atoms with E-state index >= 15 is 0 Å². The van der Waals surface area contributed by atoms with Gasteiger partial charge in [-0.05, 0) is 109 Å². The van der Waals surface area contributed by atoms with Crippen LogP contribution in [0.15, 0.2) is 97.1 Å². The molecule has 0 aliphatic heterocycles. The van der Waals surface area contributed by atoms with Crippen LogP contribution in [-0.4, -0.2) is 87.2 Å². The van der Waals surface area contributed by atoms with Gasteiger partial charge in [0.05, 0.1) is 31.8 Å². The summed E-state index contributed by atoms with van der Waals surface area (Å²) in [6, 6.07) is 25.8. The minimum atomic E-state index is -0.954. The molecule has 1 aliphatic rings. The standard InChI is InChI=1S/C47H54O10/c1-29(2)45(50)56-27-35(48)25-52-17-19-54-43-23-31(5)41(21-33(43)7)47(39-15-11-9-13-37(39)38-14-10-12-16-40(38)47)42-22-34(8)44(24-32(42)6)55-20-18-53-26-36(49)28-57-46(51)30(3)4/h9-16,21-24,35-36,48-49H,1,3,17-20,25-28H2,2,4-8H3. The van der Waals surface area contributed by atoms with Gasteiger partial charge in [0.1, 0.15) is 50.1 Å². The van der Waals surface area contributed by atoms with Crippen LogP contribution in [0.25, 0.3) is 11.1 Å². The maximum atomic E-state index is 11.6. The lowest BCUT2D eigenvalue weighted by Crippen LogP contribution is -2.31. The number of aliphatic hydroxyl groups excluding tert-OH is 2. The molecule has 0 bridgehead atoms. The number of aliphatic hydroxyl groups is 2. The van der Waals surface area contributed by atoms with Gasteiger partial charge in [-0.2, -0.15) is 0 Å². The van der Waals surface area contributed by atoms with E-state index in [1.54, 1.807) is 13.8 Å². The highest BCUT2D eigenvalue weighted by atomic mass is 16.6. The third kappa shape index (κ3) is 9.83. The molecule has 302 valence electrons. The molecule has 2 N–H and O–H groups in total. The molecule has 4 aromatic carbocycles. The number of hydrogen-bond donors (Lipinski definition) is 2. The van der Waals surface area contributed by atoms with Crippen molar-refractivity contribution in [1.82, 2.24) is 0 Å².